The zero-order chi connectivity index (χ0) is 15.7. The second kappa shape index (κ2) is 5.65. The van der Waals surface area contributed by atoms with E-state index in [-0.39, 0.29) is 17.0 Å². The maximum absolute atomic E-state index is 12.2. The van der Waals surface area contributed by atoms with Crippen molar-refractivity contribution in [2.24, 2.45) is 5.92 Å². The molecule has 1 atom stereocenters. The van der Waals surface area contributed by atoms with Crippen LogP contribution in [0.5, 0.6) is 0 Å². The first kappa shape index (κ1) is 15.2. The quantitative estimate of drug-likeness (QED) is 0.783. The Morgan fingerprint density at radius 2 is 1.57 bits per heavy atom. The van der Waals surface area contributed by atoms with E-state index in [1.165, 1.54) is 12.1 Å². The van der Waals surface area contributed by atoms with Gasteiger partial charge in [-0.1, -0.05) is 31.0 Å². The highest BCUT2D eigenvalue weighted by Crippen LogP contribution is 2.23. The fourth-order valence-electron chi connectivity index (χ4n) is 2.47. The predicted molar refractivity (Wildman–Crippen MR) is 75.3 cm³/mol. The Morgan fingerprint density at radius 3 is 1.95 bits per heavy atom. The molecule has 2 amide bonds. The topological polar surface area (TPSA) is 66.9 Å². The molecular weight excluding hydrogens is 272 g/mol. The van der Waals surface area contributed by atoms with Crippen LogP contribution in [0.4, 0.5) is 0 Å². The average molecular weight is 290 g/mol. The van der Waals surface area contributed by atoms with E-state index in [4.69, 9.17) is 4.84 Å². The molecule has 0 aromatic heterocycles. The highest BCUT2D eigenvalue weighted by Gasteiger charge is 2.40. The first-order valence-electron chi connectivity index (χ1n) is 6.70. The van der Waals surface area contributed by atoms with Crippen LogP contribution in [0.2, 0.25) is 0 Å². The smallest absolute Gasteiger partial charge is 0.328 e. The molecule has 0 N–H and O–H groups in total. The molecule has 1 aromatic rings. The monoisotopic (exact) mass is 290 g/mol. The van der Waals surface area contributed by atoms with Crippen molar-refractivity contribution < 1.29 is 19.2 Å². The summed E-state index contributed by atoms with van der Waals surface area (Å²) in [7, 11) is 3.49. The summed E-state index contributed by atoms with van der Waals surface area (Å²) in [5.41, 5.74) is 0.502. The number of likely N-dealkylation sites (N-methyl/N-ethyl adjacent to an activating group) is 1. The van der Waals surface area contributed by atoms with Gasteiger partial charge in [-0.15, -0.1) is 0 Å². The predicted octanol–water partition coefficient (Wildman–Crippen LogP) is 1.33. The minimum atomic E-state index is -0.621. The van der Waals surface area contributed by atoms with E-state index < -0.39 is 23.8 Å². The zero-order valence-electron chi connectivity index (χ0n) is 12.5. The summed E-state index contributed by atoms with van der Waals surface area (Å²) in [5, 5.41) is 0.547. The van der Waals surface area contributed by atoms with Crippen LogP contribution >= 0.6 is 0 Å². The molecule has 1 heterocycles. The molecule has 0 radical (unpaired) electrons. The van der Waals surface area contributed by atoms with Gasteiger partial charge < -0.3 is 4.84 Å². The van der Waals surface area contributed by atoms with Gasteiger partial charge in [0.05, 0.1) is 11.1 Å². The Kier molecular flexibility index (Phi) is 4.09. The molecule has 112 valence electrons. The van der Waals surface area contributed by atoms with Crippen molar-refractivity contribution in [1.29, 1.82) is 0 Å². The van der Waals surface area contributed by atoms with Crippen molar-refractivity contribution in [3.8, 4) is 0 Å². The number of rotatable bonds is 4. The van der Waals surface area contributed by atoms with Gasteiger partial charge in [0.1, 0.15) is 6.04 Å². The van der Waals surface area contributed by atoms with Gasteiger partial charge in [-0.2, -0.15) is 0 Å². The SMILES string of the molecule is CC(C)[C@H](C(=O)ON1C(=O)c2ccccc2C1=O)N(C)C. The number of amides is 2. The van der Waals surface area contributed by atoms with Gasteiger partial charge >= 0.3 is 5.97 Å². The number of hydrogen-bond donors (Lipinski definition) is 0. The van der Waals surface area contributed by atoms with Gasteiger partial charge in [-0.3, -0.25) is 14.5 Å². The van der Waals surface area contributed by atoms with E-state index in [0.29, 0.717) is 5.06 Å². The molecule has 6 nitrogen and oxygen atoms in total. The molecule has 1 aliphatic heterocycles. The number of fused-ring (bicyclic) bond motifs is 1. The van der Waals surface area contributed by atoms with Crippen LogP contribution in [0.3, 0.4) is 0 Å². The van der Waals surface area contributed by atoms with Crippen molar-refractivity contribution in [1.82, 2.24) is 9.96 Å². The van der Waals surface area contributed by atoms with Crippen LogP contribution in [0, 0.1) is 5.92 Å². The second-order valence-electron chi connectivity index (χ2n) is 5.51. The Labute approximate surface area is 123 Å². The molecular formula is C15H18N2O4. The van der Waals surface area contributed by atoms with E-state index >= 15 is 0 Å². The summed E-state index contributed by atoms with van der Waals surface area (Å²) < 4.78 is 0. The number of hydrogen-bond acceptors (Lipinski definition) is 5. The maximum atomic E-state index is 12.2. The largest absolute Gasteiger partial charge is 0.350 e. The number of hydroxylamine groups is 2. The molecule has 0 spiro atoms. The minimum absolute atomic E-state index is 0.0114. The molecule has 0 bridgehead atoms. The van der Waals surface area contributed by atoms with Crippen LogP contribution < -0.4 is 0 Å². The summed E-state index contributed by atoms with van der Waals surface area (Å²) in [6.07, 6.45) is 0. The minimum Gasteiger partial charge on any atom is -0.328 e. The molecule has 1 aromatic carbocycles. The lowest BCUT2D eigenvalue weighted by molar-refractivity contribution is -0.175. The van der Waals surface area contributed by atoms with E-state index in [0.717, 1.165) is 0 Å². The molecule has 0 fully saturated rings. The van der Waals surface area contributed by atoms with Gasteiger partial charge in [0.25, 0.3) is 11.8 Å². The Bertz CT molecular complexity index is 552. The van der Waals surface area contributed by atoms with Gasteiger partial charge in [0.15, 0.2) is 0 Å². The zero-order valence-corrected chi connectivity index (χ0v) is 12.5. The number of carbonyl (C=O) groups is 3. The number of imide groups is 1. The third-order valence-corrected chi connectivity index (χ3v) is 3.37. The molecule has 1 aliphatic rings. The lowest BCUT2D eigenvalue weighted by Crippen LogP contribution is -2.45. The van der Waals surface area contributed by atoms with Crippen molar-refractivity contribution >= 4 is 17.8 Å². The fourth-order valence-corrected chi connectivity index (χ4v) is 2.47. The summed E-state index contributed by atoms with van der Waals surface area (Å²) in [4.78, 5) is 43.2. The highest BCUT2D eigenvalue weighted by molar-refractivity contribution is 6.20. The van der Waals surface area contributed by atoms with Gasteiger partial charge in [-0.05, 0) is 32.1 Å². The van der Waals surface area contributed by atoms with E-state index in [1.807, 2.05) is 13.8 Å². The third kappa shape index (κ3) is 2.67. The normalized spacial score (nSPS) is 15.6. The lowest BCUT2D eigenvalue weighted by atomic mass is 10.0. The summed E-state index contributed by atoms with van der Waals surface area (Å²) in [6, 6.07) is 5.86. The molecule has 0 aliphatic carbocycles. The fraction of sp³-hybridized carbons (Fsp3) is 0.400. The van der Waals surface area contributed by atoms with Crippen molar-refractivity contribution in [3.05, 3.63) is 35.4 Å². The van der Waals surface area contributed by atoms with Crippen molar-refractivity contribution in [2.75, 3.05) is 14.1 Å². The second-order valence-corrected chi connectivity index (χ2v) is 5.51. The first-order chi connectivity index (χ1) is 9.84. The van der Waals surface area contributed by atoms with E-state index in [9.17, 15) is 14.4 Å². The van der Waals surface area contributed by atoms with E-state index in [1.54, 1.807) is 31.1 Å². The molecule has 6 heteroatoms. The van der Waals surface area contributed by atoms with Crippen molar-refractivity contribution in [2.45, 2.75) is 19.9 Å². The highest BCUT2D eigenvalue weighted by atomic mass is 16.7. The number of nitrogens with zero attached hydrogens (tertiary/aromatic N) is 2. The average Bonchev–Trinajstić information content (AvgIpc) is 2.64. The van der Waals surface area contributed by atoms with Crippen LogP contribution in [0.1, 0.15) is 34.6 Å². The van der Waals surface area contributed by atoms with Gasteiger partial charge in [0.2, 0.25) is 0 Å². The first-order valence-corrected chi connectivity index (χ1v) is 6.70. The standard InChI is InChI=1S/C15H18N2O4/c1-9(2)12(16(3)4)15(20)21-17-13(18)10-7-5-6-8-11(10)14(17)19/h5-9,12H,1-4H3/t12-/m1/s1. The molecule has 0 unspecified atom stereocenters. The summed E-state index contributed by atoms with van der Waals surface area (Å²) in [5.74, 6) is -1.84. The van der Waals surface area contributed by atoms with Crippen molar-refractivity contribution in [3.63, 3.8) is 0 Å². The van der Waals surface area contributed by atoms with Crippen LogP contribution in [0.15, 0.2) is 24.3 Å². The molecule has 2 rings (SSSR count). The van der Waals surface area contributed by atoms with E-state index in [2.05, 4.69) is 0 Å². The van der Waals surface area contributed by atoms with Gasteiger partial charge in [-0.25, -0.2) is 4.79 Å². The van der Waals surface area contributed by atoms with Crippen LogP contribution in [-0.2, 0) is 9.63 Å². The Hall–Kier alpha value is -2.21. The summed E-state index contributed by atoms with van der Waals surface area (Å²) >= 11 is 0. The molecule has 0 saturated heterocycles. The van der Waals surface area contributed by atoms with Crippen LogP contribution in [0.25, 0.3) is 0 Å². The lowest BCUT2D eigenvalue weighted by Gasteiger charge is -2.26. The maximum Gasteiger partial charge on any atom is 0.350 e. The Morgan fingerprint density at radius 1 is 1.10 bits per heavy atom. The Balaban J connectivity index is 2.20. The van der Waals surface area contributed by atoms with Crippen LogP contribution in [-0.4, -0.2) is 47.9 Å². The molecule has 0 saturated carbocycles. The number of carbonyl (C=O) groups excluding carboxylic acids is 3. The van der Waals surface area contributed by atoms with Gasteiger partial charge in [0, 0.05) is 0 Å². The third-order valence-electron chi connectivity index (χ3n) is 3.37. The molecule has 21 heavy (non-hydrogen) atoms. The summed E-state index contributed by atoms with van der Waals surface area (Å²) in [6.45, 7) is 3.74. The number of benzene rings is 1.